The van der Waals surface area contributed by atoms with Gasteiger partial charge >= 0.3 is 5.97 Å². The Morgan fingerprint density at radius 3 is 2.57 bits per heavy atom. The average Bonchev–Trinajstić information content (AvgIpc) is 2.82. The summed E-state index contributed by atoms with van der Waals surface area (Å²) >= 11 is 1.49. The Kier molecular flexibility index (Phi) is 4.55. The lowest BCUT2D eigenvalue weighted by Gasteiger charge is -2.07. The van der Waals surface area contributed by atoms with Crippen LogP contribution < -0.4 is 5.32 Å². The van der Waals surface area contributed by atoms with E-state index in [1.54, 1.807) is 6.07 Å². The molecule has 0 aliphatic carbocycles. The van der Waals surface area contributed by atoms with Crippen LogP contribution in [0.2, 0.25) is 0 Å². The SMILES string of the molecule is Cc1cc(/C=C/C(=O)O)cc(NC(=O)c2cscc2C)c1. The third-order valence-electron chi connectivity index (χ3n) is 2.88. The molecule has 1 aromatic heterocycles. The van der Waals surface area contributed by atoms with E-state index < -0.39 is 5.97 Å². The molecule has 0 radical (unpaired) electrons. The van der Waals surface area contributed by atoms with Crippen molar-refractivity contribution in [2.45, 2.75) is 13.8 Å². The van der Waals surface area contributed by atoms with E-state index in [2.05, 4.69) is 5.32 Å². The lowest BCUT2D eigenvalue weighted by Crippen LogP contribution is -2.12. The molecule has 1 amide bonds. The highest BCUT2D eigenvalue weighted by Crippen LogP contribution is 2.19. The smallest absolute Gasteiger partial charge is 0.328 e. The fourth-order valence-electron chi connectivity index (χ4n) is 1.94. The number of hydrogen-bond acceptors (Lipinski definition) is 3. The maximum absolute atomic E-state index is 12.2. The van der Waals surface area contributed by atoms with Crippen molar-refractivity contribution in [2.75, 3.05) is 5.32 Å². The van der Waals surface area contributed by atoms with Crippen LogP contribution in [0.15, 0.2) is 35.0 Å². The third-order valence-corrected chi connectivity index (χ3v) is 3.74. The number of hydrogen-bond donors (Lipinski definition) is 2. The van der Waals surface area contributed by atoms with Crippen molar-refractivity contribution >= 4 is 35.0 Å². The van der Waals surface area contributed by atoms with E-state index in [-0.39, 0.29) is 5.91 Å². The van der Waals surface area contributed by atoms with Gasteiger partial charge in [-0.15, -0.1) is 0 Å². The van der Waals surface area contributed by atoms with Gasteiger partial charge in [0.25, 0.3) is 5.91 Å². The molecule has 0 aliphatic heterocycles. The highest BCUT2D eigenvalue weighted by molar-refractivity contribution is 7.08. The molecule has 0 aliphatic rings. The molecule has 1 heterocycles. The normalized spacial score (nSPS) is 10.8. The maximum atomic E-state index is 12.2. The van der Waals surface area contributed by atoms with E-state index in [1.165, 1.54) is 17.4 Å². The molecule has 0 atom stereocenters. The summed E-state index contributed by atoms with van der Waals surface area (Å²) in [4.78, 5) is 22.7. The third kappa shape index (κ3) is 4.03. The van der Waals surface area contributed by atoms with Crippen LogP contribution in [0.25, 0.3) is 6.08 Å². The molecule has 4 nitrogen and oxygen atoms in total. The van der Waals surface area contributed by atoms with Crippen LogP contribution >= 0.6 is 11.3 Å². The Labute approximate surface area is 126 Å². The van der Waals surface area contributed by atoms with Crippen LogP contribution in [0.1, 0.15) is 27.0 Å². The van der Waals surface area contributed by atoms with E-state index in [9.17, 15) is 9.59 Å². The Hall–Kier alpha value is -2.40. The van der Waals surface area contributed by atoms with E-state index in [0.717, 1.165) is 22.8 Å². The number of rotatable bonds is 4. The minimum absolute atomic E-state index is 0.160. The minimum atomic E-state index is -1.00. The number of aryl methyl sites for hydroxylation is 2. The number of carboxylic acid groups (broad SMARTS) is 1. The molecule has 5 heteroatoms. The van der Waals surface area contributed by atoms with E-state index in [1.807, 2.05) is 36.7 Å². The zero-order valence-electron chi connectivity index (χ0n) is 11.7. The second-order valence-corrected chi connectivity index (χ2v) is 5.47. The van der Waals surface area contributed by atoms with E-state index >= 15 is 0 Å². The lowest BCUT2D eigenvalue weighted by molar-refractivity contribution is -0.131. The Balaban J connectivity index is 2.22. The zero-order chi connectivity index (χ0) is 15.4. The van der Waals surface area contributed by atoms with Crippen LogP contribution in [0, 0.1) is 13.8 Å². The van der Waals surface area contributed by atoms with Gasteiger partial charge in [0.1, 0.15) is 0 Å². The van der Waals surface area contributed by atoms with Crippen molar-refractivity contribution in [3.05, 3.63) is 57.3 Å². The summed E-state index contributed by atoms with van der Waals surface area (Å²) in [6.45, 7) is 3.78. The van der Waals surface area contributed by atoms with Gasteiger partial charge in [0.2, 0.25) is 0 Å². The number of carbonyl (C=O) groups excluding carboxylic acids is 1. The fraction of sp³-hybridized carbons (Fsp3) is 0.125. The second kappa shape index (κ2) is 6.37. The quantitative estimate of drug-likeness (QED) is 0.846. The molecule has 0 unspecified atom stereocenters. The van der Waals surface area contributed by atoms with Gasteiger partial charge in [0, 0.05) is 17.1 Å². The first-order chi connectivity index (χ1) is 9.95. The van der Waals surface area contributed by atoms with E-state index in [4.69, 9.17) is 5.11 Å². The topological polar surface area (TPSA) is 66.4 Å². The van der Waals surface area contributed by atoms with Gasteiger partial charge in [-0.3, -0.25) is 4.79 Å². The Morgan fingerprint density at radius 2 is 1.95 bits per heavy atom. The van der Waals surface area contributed by atoms with Gasteiger partial charge in [0.15, 0.2) is 0 Å². The van der Waals surface area contributed by atoms with Gasteiger partial charge in [-0.05, 0) is 54.1 Å². The Morgan fingerprint density at radius 1 is 1.19 bits per heavy atom. The molecule has 2 N–H and O–H groups in total. The van der Waals surface area contributed by atoms with Crippen LogP contribution in [-0.2, 0) is 4.79 Å². The van der Waals surface area contributed by atoms with Crippen molar-refractivity contribution in [2.24, 2.45) is 0 Å². The number of anilines is 1. The van der Waals surface area contributed by atoms with Crippen LogP contribution in [0.4, 0.5) is 5.69 Å². The van der Waals surface area contributed by atoms with Gasteiger partial charge in [-0.2, -0.15) is 11.3 Å². The predicted molar refractivity (Wildman–Crippen MR) is 84.9 cm³/mol. The van der Waals surface area contributed by atoms with Crippen molar-refractivity contribution < 1.29 is 14.7 Å². The second-order valence-electron chi connectivity index (χ2n) is 4.73. The summed E-state index contributed by atoms with van der Waals surface area (Å²) in [5, 5.41) is 15.2. The molecule has 0 spiro atoms. The van der Waals surface area contributed by atoms with Crippen molar-refractivity contribution in [1.82, 2.24) is 0 Å². The summed E-state index contributed by atoms with van der Waals surface area (Å²) in [5.74, 6) is -1.16. The average molecular weight is 301 g/mol. The first-order valence-corrected chi connectivity index (χ1v) is 7.27. The molecular weight excluding hydrogens is 286 g/mol. The largest absolute Gasteiger partial charge is 0.478 e. The summed E-state index contributed by atoms with van der Waals surface area (Å²) in [6.07, 6.45) is 2.57. The first kappa shape index (κ1) is 15.0. The first-order valence-electron chi connectivity index (χ1n) is 6.32. The molecule has 21 heavy (non-hydrogen) atoms. The van der Waals surface area contributed by atoms with Crippen LogP contribution in [-0.4, -0.2) is 17.0 Å². The fourth-order valence-corrected chi connectivity index (χ4v) is 2.77. The van der Waals surface area contributed by atoms with Crippen LogP contribution in [0.3, 0.4) is 0 Å². The molecule has 0 saturated heterocycles. The Bertz CT molecular complexity index is 716. The number of carbonyl (C=O) groups is 2. The zero-order valence-corrected chi connectivity index (χ0v) is 12.5. The van der Waals surface area contributed by atoms with Gasteiger partial charge in [-0.1, -0.05) is 6.07 Å². The summed E-state index contributed by atoms with van der Waals surface area (Å²) < 4.78 is 0. The van der Waals surface area contributed by atoms with Gasteiger partial charge < -0.3 is 10.4 Å². The highest BCUT2D eigenvalue weighted by Gasteiger charge is 2.10. The monoisotopic (exact) mass is 301 g/mol. The number of amides is 1. The molecule has 2 aromatic rings. The number of benzene rings is 1. The molecule has 0 saturated carbocycles. The highest BCUT2D eigenvalue weighted by atomic mass is 32.1. The standard InChI is InChI=1S/C16H15NO3S/c1-10-5-12(3-4-15(18)19)7-13(6-10)17-16(20)14-9-21-8-11(14)2/h3-9H,1-2H3,(H,17,20)(H,18,19)/b4-3+. The number of aliphatic carboxylic acids is 1. The number of carboxylic acids is 1. The van der Waals surface area contributed by atoms with Crippen molar-refractivity contribution in [1.29, 1.82) is 0 Å². The molecule has 2 rings (SSSR count). The van der Waals surface area contributed by atoms with Crippen molar-refractivity contribution in [3.63, 3.8) is 0 Å². The molecule has 108 valence electrons. The lowest BCUT2D eigenvalue weighted by atomic mass is 10.1. The number of thiophene rings is 1. The molecular formula is C16H15NO3S. The van der Waals surface area contributed by atoms with Gasteiger partial charge in [0.05, 0.1) is 5.56 Å². The molecule has 1 aromatic carbocycles. The number of nitrogens with one attached hydrogen (secondary N) is 1. The maximum Gasteiger partial charge on any atom is 0.328 e. The summed E-state index contributed by atoms with van der Waals surface area (Å²) in [5.41, 5.74) is 3.92. The molecule has 0 fully saturated rings. The van der Waals surface area contributed by atoms with Crippen LogP contribution in [0.5, 0.6) is 0 Å². The molecule has 0 bridgehead atoms. The van der Waals surface area contributed by atoms with E-state index in [0.29, 0.717) is 11.3 Å². The predicted octanol–water partition coefficient (Wildman–Crippen LogP) is 3.72. The summed E-state index contributed by atoms with van der Waals surface area (Å²) in [7, 11) is 0. The van der Waals surface area contributed by atoms with Crippen molar-refractivity contribution in [3.8, 4) is 0 Å². The minimum Gasteiger partial charge on any atom is -0.478 e. The summed E-state index contributed by atoms with van der Waals surface area (Å²) in [6, 6.07) is 5.44. The van der Waals surface area contributed by atoms with Gasteiger partial charge in [-0.25, -0.2) is 4.79 Å².